The Balaban J connectivity index is 1.87. The summed E-state index contributed by atoms with van der Waals surface area (Å²) in [4.78, 5) is -1.87. The van der Waals surface area contributed by atoms with Gasteiger partial charge < -0.3 is 0 Å². The predicted molar refractivity (Wildman–Crippen MR) is 138 cm³/mol. The molecule has 0 N–H and O–H groups in total. The molecule has 1 aliphatic rings. The zero-order chi connectivity index (χ0) is 27.0. The minimum atomic E-state index is -9.81. The van der Waals surface area contributed by atoms with Crippen LogP contribution in [-0.2, 0) is 6.54 Å². The quantitative estimate of drug-likeness (QED) is 0.163. The number of nitrogens with zero attached hydrogens (tertiary/aromatic N) is 3. The molecule has 5 rings (SSSR count). The highest BCUT2D eigenvalue weighted by atomic mass is 32.5. The molecule has 3 nitrogen and oxygen atoms in total. The van der Waals surface area contributed by atoms with Gasteiger partial charge in [0, 0.05) is 10.7 Å². The molecule has 1 aromatic heterocycles. The lowest BCUT2D eigenvalue weighted by Gasteiger charge is -2.40. The van der Waals surface area contributed by atoms with E-state index in [-0.39, 0.29) is 23.9 Å². The second kappa shape index (κ2) is 7.66. The van der Waals surface area contributed by atoms with Gasteiger partial charge in [-0.15, -0.1) is 4.68 Å². The Bertz CT molecular complexity index is 1530. The van der Waals surface area contributed by atoms with Gasteiger partial charge in [-0.25, -0.2) is 0 Å². The van der Waals surface area contributed by atoms with E-state index in [2.05, 4.69) is 39.8 Å². The molecular formula is C28H29F5N3S+. The zero-order valence-electron chi connectivity index (χ0n) is 21.3. The smallest absolute Gasteiger partial charge is 0.189 e. The van der Waals surface area contributed by atoms with Gasteiger partial charge in [-0.2, -0.15) is 4.57 Å². The van der Waals surface area contributed by atoms with Crippen LogP contribution < -0.4 is 4.57 Å². The summed E-state index contributed by atoms with van der Waals surface area (Å²) in [6.45, 7) is 10.3. The van der Waals surface area contributed by atoms with Crippen molar-refractivity contribution in [2.75, 3.05) is 0 Å². The molecule has 0 atom stereocenters. The maximum absolute atomic E-state index is 13.6. The van der Waals surface area contributed by atoms with Crippen molar-refractivity contribution in [1.82, 2.24) is 9.78 Å². The predicted octanol–water partition coefficient (Wildman–Crippen LogP) is 9.07. The van der Waals surface area contributed by atoms with E-state index in [4.69, 9.17) is 5.10 Å². The molecule has 37 heavy (non-hydrogen) atoms. The highest BCUT2D eigenvalue weighted by molar-refractivity contribution is 8.45. The fraction of sp³-hybridized carbons (Fsp3) is 0.286. The van der Waals surface area contributed by atoms with Crippen molar-refractivity contribution in [3.05, 3.63) is 82.9 Å². The lowest BCUT2D eigenvalue weighted by Crippen LogP contribution is -2.37. The largest absolute Gasteiger partial charge is 0.314 e. The summed E-state index contributed by atoms with van der Waals surface area (Å²) in [7, 11) is -9.81. The molecule has 0 fully saturated rings. The van der Waals surface area contributed by atoms with Gasteiger partial charge in [0.25, 0.3) is 5.82 Å². The van der Waals surface area contributed by atoms with Crippen LogP contribution >= 0.6 is 10.2 Å². The van der Waals surface area contributed by atoms with Crippen LogP contribution in [0.15, 0.2) is 65.6 Å². The van der Waals surface area contributed by atoms with Gasteiger partial charge in [-0.3, -0.25) is 0 Å². The van der Waals surface area contributed by atoms with Crippen LogP contribution in [0, 0.1) is 6.92 Å². The topological polar surface area (TPSA) is 21.7 Å². The summed E-state index contributed by atoms with van der Waals surface area (Å²) in [5, 5.41) is 4.86. The number of hydrogen-bond donors (Lipinski definition) is 0. The first kappa shape index (κ1) is 25.4. The van der Waals surface area contributed by atoms with Crippen molar-refractivity contribution in [2.45, 2.75) is 57.9 Å². The lowest BCUT2D eigenvalue weighted by atomic mass is 9.92. The highest BCUT2D eigenvalue weighted by Gasteiger charge is 2.65. The highest BCUT2D eigenvalue weighted by Crippen LogP contribution is 3.02. The number of hydrogen-bond acceptors (Lipinski definition) is 1. The average molecular weight is 535 g/mol. The minimum absolute atomic E-state index is 0.0287. The second-order valence-corrected chi connectivity index (χ2v) is 12.7. The fourth-order valence-corrected chi connectivity index (χ4v) is 5.78. The molecule has 0 spiro atoms. The lowest BCUT2D eigenvalue weighted by molar-refractivity contribution is -0.573. The monoisotopic (exact) mass is 534 g/mol. The van der Waals surface area contributed by atoms with Gasteiger partial charge in [0.05, 0.1) is 11.1 Å². The molecule has 0 amide bonds. The van der Waals surface area contributed by atoms with Gasteiger partial charge in [0.15, 0.2) is 0 Å². The standard InChI is InChI=1S/C28H29F5N3S/c1-17(2)22-11-8-12-23(18(3)4)26(22)36-27(24-10-7-6-9-19(24)5)34-35-16-20-15-21(37(29,30,31,32)33)13-14-25(20)28(35)36/h6-15,17-18H,16H2,1-5H3/q+1. The van der Waals surface area contributed by atoms with E-state index in [0.29, 0.717) is 29.3 Å². The average Bonchev–Trinajstić information content (AvgIpc) is 3.32. The number of aromatic nitrogens is 3. The molecule has 3 aromatic carbocycles. The Labute approximate surface area is 213 Å². The second-order valence-electron chi connectivity index (χ2n) is 10.3. The number of benzene rings is 3. The van der Waals surface area contributed by atoms with Crippen molar-refractivity contribution in [2.24, 2.45) is 0 Å². The van der Waals surface area contributed by atoms with Gasteiger partial charge in [0.2, 0.25) is 0 Å². The first-order valence-electron chi connectivity index (χ1n) is 12.2. The molecule has 0 unspecified atom stereocenters. The third-order valence-corrected chi connectivity index (χ3v) is 8.06. The molecule has 196 valence electrons. The number of para-hydroxylation sites is 1. The third-order valence-electron chi connectivity index (χ3n) is 6.92. The van der Waals surface area contributed by atoms with E-state index < -0.39 is 15.1 Å². The molecule has 0 radical (unpaired) electrons. The number of aryl methyl sites for hydroxylation is 1. The molecule has 0 bridgehead atoms. The maximum Gasteiger partial charge on any atom is 0.314 e. The minimum Gasteiger partial charge on any atom is -0.189 e. The molecule has 9 heteroatoms. The molecular weight excluding hydrogens is 505 g/mol. The van der Waals surface area contributed by atoms with Gasteiger partial charge in [-0.05, 0) is 59.7 Å². The van der Waals surface area contributed by atoms with Crippen molar-refractivity contribution in [3.63, 3.8) is 0 Å². The van der Waals surface area contributed by atoms with Crippen LogP contribution in [0.2, 0.25) is 0 Å². The first-order valence-corrected chi connectivity index (χ1v) is 14.1. The Morgan fingerprint density at radius 3 is 2.00 bits per heavy atom. The Morgan fingerprint density at radius 2 is 1.43 bits per heavy atom. The van der Waals surface area contributed by atoms with Crippen LogP contribution in [-0.4, -0.2) is 9.78 Å². The summed E-state index contributed by atoms with van der Waals surface area (Å²) in [5.74, 6) is 1.54. The van der Waals surface area contributed by atoms with Crippen molar-refractivity contribution in [3.8, 4) is 28.5 Å². The van der Waals surface area contributed by atoms with E-state index in [1.165, 1.54) is 0 Å². The number of rotatable bonds is 5. The van der Waals surface area contributed by atoms with Gasteiger partial charge in [0.1, 0.15) is 17.1 Å². The van der Waals surface area contributed by atoms with E-state index in [9.17, 15) is 19.4 Å². The van der Waals surface area contributed by atoms with Crippen molar-refractivity contribution < 1.29 is 24.0 Å². The number of halogens is 5. The van der Waals surface area contributed by atoms with Crippen LogP contribution in [0.5, 0.6) is 0 Å². The summed E-state index contributed by atoms with van der Waals surface area (Å²) in [5.41, 5.74) is 5.59. The van der Waals surface area contributed by atoms with Gasteiger partial charge in [-0.1, -0.05) is 83.5 Å². The van der Waals surface area contributed by atoms with Crippen LogP contribution in [0.4, 0.5) is 19.4 Å². The third kappa shape index (κ3) is 4.33. The van der Waals surface area contributed by atoms with Crippen LogP contribution in [0.3, 0.4) is 0 Å². The Kier molecular flexibility index (Phi) is 5.27. The van der Waals surface area contributed by atoms with E-state index in [1.807, 2.05) is 41.8 Å². The summed E-state index contributed by atoms with van der Waals surface area (Å²) in [6, 6.07) is 16.2. The van der Waals surface area contributed by atoms with Crippen LogP contribution in [0.1, 0.15) is 61.8 Å². The molecule has 2 heterocycles. The van der Waals surface area contributed by atoms with Gasteiger partial charge >= 0.3 is 16.0 Å². The summed E-state index contributed by atoms with van der Waals surface area (Å²) in [6.07, 6.45) is 0. The molecule has 4 aromatic rings. The van der Waals surface area contributed by atoms with E-state index in [0.717, 1.165) is 34.0 Å². The summed E-state index contributed by atoms with van der Waals surface area (Å²) < 4.78 is 71.6. The van der Waals surface area contributed by atoms with E-state index in [1.54, 1.807) is 4.68 Å². The fourth-order valence-electron chi connectivity index (χ4n) is 5.09. The Morgan fingerprint density at radius 1 is 0.811 bits per heavy atom. The van der Waals surface area contributed by atoms with E-state index >= 15 is 0 Å². The Hall–Kier alpha value is -3.20. The van der Waals surface area contributed by atoms with Crippen molar-refractivity contribution >= 4 is 10.2 Å². The molecule has 1 aliphatic heterocycles. The normalized spacial score (nSPS) is 15.0. The molecule has 0 saturated carbocycles. The first-order chi connectivity index (χ1) is 17.1. The molecule has 0 aliphatic carbocycles. The maximum atomic E-state index is 13.6. The summed E-state index contributed by atoms with van der Waals surface area (Å²) >= 11 is 0. The van der Waals surface area contributed by atoms with Crippen molar-refractivity contribution in [1.29, 1.82) is 0 Å². The zero-order valence-corrected chi connectivity index (χ0v) is 22.1. The molecule has 0 saturated heterocycles. The number of fused-ring (bicyclic) bond motifs is 3. The SMILES string of the molecule is Cc1ccccc1-c1nn2c([n+]1-c1c(C(C)C)cccc1C(C)C)-c1ccc(S(F)(F)(F)(F)F)cc1C2. The van der Waals surface area contributed by atoms with Crippen LogP contribution in [0.25, 0.3) is 28.5 Å².